The average Bonchev–Trinajstić information content (AvgIpc) is 1.67. The number of nitrogens with zero attached hydrogens (tertiary/aromatic N) is 16. The zero-order valence-corrected chi connectivity index (χ0v) is 68.0. The van der Waals surface area contributed by atoms with Crippen molar-refractivity contribution in [1.29, 1.82) is 0 Å². The third kappa shape index (κ3) is 22.0. The highest BCUT2D eigenvalue weighted by atomic mass is 19.4. The van der Waals surface area contributed by atoms with Crippen LogP contribution in [0.1, 0.15) is 172 Å². The molecule has 11 heterocycles. The third-order valence-electron chi connectivity index (χ3n) is 21.7. The second-order valence-corrected chi connectivity index (χ2v) is 30.5. The lowest BCUT2D eigenvalue weighted by Gasteiger charge is -2.31. The topological polar surface area (TPSA) is 254 Å². The average molecular weight is 1710 g/mol. The minimum atomic E-state index is -4.41. The summed E-state index contributed by atoms with van der Waals surface area (Å²) < 4.78 is 168. The first kappa shape index (κ1) is 88.1. The summed E-state index contributed by atoms with van der Waals surface area (Å²) in [6, 6.07) is 21.1. The SMILES string of the molecule is C=C(C)N1CC=C(c2cc3c(N[C@H](C)c4cccc(C(F)(F)F)c4)ncnn3c2)CC1.C[C@@H](Nc1nccn2cc(C(=O)N3CCN(C)CC3)nc12)c1cccc(C(F)(F)F)c1.C[C@@H](Nc1nccn2cc(C(=O)N3CCOCC3)nc12)c1cccc(C(F)(F)F)c1.C[C@@H](Nc1nccn2cc(C(=O)NCC3CCCC3)nc12)c1cccc(C(F)(F)F)c1. The van der Waals surface area contributed by atoms with Crippen molar-refractivity contribution in [2.45, 2.75) is 116 Å². The number of piperazine rings is 1. The molecule has 123 heavy (non-hydrogen) atoms. The van der Waals surface area contributed by atoms with Gasteiger partial charge in [-0.05, 0) is 155 Å². The van der Waals surface area contributed by atoms with Gasteiger partial charge in [0.1, 0.15) is 28.9 Å². The largest absolute Gasteiger partial charge is 0.416 e. The van der Waals surface area contributed by atoms with E-state index >= 15 is 0 Å². The highest BCUT2D eigenvalue weighted by Gasteiger charge is 2.36. The number of fused-ring (bicyclic) bond motifs is 4. The highest BCUT2D eigenvalue weighted by Crippen LogP contribution is 2.38. The van der Waals surface area contributed by atoms with E-state index in [1.807, 2.05) is 33.2 Å². The molecule has 25 nitrogen and oxygen atoms in total. The number of carbonyl (C=O) groups is 3. The Balaban J connectivity index is 0.000000141. The molecule has 4 aromatic carbocycles. The van der Waals surface area contributed by atoms with Crippen molar-refractivity contribution in [3.05, 3.63) is 257 Å². The molecule has 648 valence electrons. The maximum Gasteiger partial charge on any atom is 0.416 e. The van der Waals surface area contributed by atoms with E-state index in [1.54, 1.807) is 128 Å². The number of allylic oxidation sites excluding steroid dienone is 1. The summed E-state index contributed by atoms with van der Waals surface area (Å²) in [7, 11) is 2.02. The van der Waals surface area contributed by atoms with Gasteiger partial charge >= 0.3 is 24.7 Å². The first-order valence-corrected chi connectivity index (χ1v) is 39.9. The predicted octanol–water partition coefficient (Wildman–Crippen LogP) is 17.1. The normalized spacial score (nSPS) is 16.0. The molecule has 1 saturated carbocycles. The fraction of sp³-hybridized carbons (Fsp3) is 0.360. The van der Waals surface area contributed by atoms with E-state index in [2.05, 4.69) is 89.0 Å². The Bertz CT molecular complexity index is 5760. The monoisotopic (exact) mass is 1710 g/mol. The van der Waals surface area contributed by atoms with Crippen LogP contribution < -0.4 is 26.6 Å². The van der Waals surface area contributed by atoms with Gasteiger partial charge in [-0.2, -0.15) is 57.8 Å². The number of amides is 3. The van der Waals surface area contributed by atoms with Crippen LogP contribution in [0.15, 0.2) is 190 Å². The molecular formula is C86H91F12N21O4. The van der Waals surface area contributed by atoms with Crippen LogP contribution in [0.25, 0.3) is 28.0 Å². The Morgan fingerprint density at radius 2 is 0.894 bits per heavy atom. The summed E-state index contributed by atoms with van der Waals surface area (Å²) in [5.41, 5.74) is 5.47. The quantitative estimate of drug-likeness (QED) is 0.0472. The van der Waals surface area contributed by atoms with E-state index in [-0.39, 0.29) is 35.2 Å². The van der Waals surface area contributed by atoms with Crippen LogP contribution >= 0.6 is 0 Å². The second-order valence-electron chi connectivity index (χ2n) is 30.5. The zero-order valence-electron chi connectivity index (χ0n) is 68.0. The molecule has 0 bridgehead atoms. The lowest BCUT2D eigenvalue weighted by Crippen LogP contribution is -2.47. The molecule has 0 spiro atoms. The molecular weight excluding hydrogens is 1620 g/mol. The van der Waals surface area contributed by atoms with Gasteiger partial charge in [0.25, 0.3) is 17.7 Å². The predicted molar refractivity (Wildman–Crippen MR) is 439 cm³/mol. The molecule has 0 radical (unpaired) electrons. The molecule has 3 amide bonds. The van der Waals surface area contributed by atoms with Crippen molar-refractivity contribution >= 4 is 69.0 Å². The van der Waals surface area contributed by atoms with Crippen molar-refractivity contribution in [1.82, 2.24) is 82.6 Å². The second kappa shape index (κ2) is 37.8. The summed E-state index contributed by atoms with van der Waals surface area (Å²) >= 11 is 0. The minimum Gasteiger partial charge on any atom is -0.378 e. The molecule has 4 aliphatic rings. The summed E-state index contributed by atoms with van der Waals surface area (Å²) in [5.74, 6) is 1.68. The van der Waals surface area contributed by atoms with Crippen LogP contribution in [-0.2, 0) is 29.4 Å². The van der Waals surface area contributed by atoms with Crippen molar-refractivity contribution in [3.8, 4) is 0 Å². The van der Waals surface area contributed by atoms with E-state index < -0.39 is 65.1 Å². The van der Waals surface area contributed by atoms with Crippen molar-refractivity contribution in [2.24, 2.45) is 5.92 Å². The van der Waals surface area contributed by atoms with Crippen LogP contribution in [0.5, 0.6) is 0 Å². The first-order valence-electron chi connectivity index (χ1n) is 39.9. The van der Waals surface area contributed by atoms with E-state index in [1.165, 1.54) is 55.1 Å². The summed E-state index contributed by atoms with van der Waals surface area (Å²) in [6.45, 7) is 20.3. The number of likely N-dealkylation sites (N-methyl/N-ethyl adjacent to an activating group) is 1. The molecule has 3 fully saturated rings. The molecule has 0 unspecified atom stereocenters. The molecule has 37 heteroatoms. The molecule has 5 N–H and O–H groups in total. The van der Waals surface area contributed by atoms with Crippen LogP contribution in [0, 0.1) is 5.92 Å². The van der Waals surface area contributed by atoms with Gasteiger partial charge in [0.15, 0.2) is 40.2 Å². The minimum absolute atomic E-state index is 0.145. The number of rotatable bonds is 19. The van der Waals surface area contributed by atoms with Gasteiger partial charge in [-0.3, -0.25) is 14.4 Å². The zero-order chi connectivity index (χ0) is 87.7. The number of ether oxygens (including phenoxy) is 1. The van der Waals surface area contributed by atoms with E-state index in [0.29, 0.717) is 120 Å². The fourth-order valence-electron chi connectivity index (χ4n) is 14.6. The van der Waals surface area contributed by atoms with E-state index in [0.717, 1.165) is 105 Å². The smallest absolute Gasteiger partial charge is 0.378 e. The molecule has 2 saturated heterocycles. The molecule has 3 aliphatic heterocycles. The number of hydrogen-bond donors (Lipinski definition) is 5. The van der Waals surface area contributed by atoms with Gasteiger partial charge in [-0.15, -0.1) is 0 Å². The van der Waals surface area contributed by atoms with Gasteiger partial charge in [0.2, 0.25) is 0 Å². The Morgan fingerprint density at radius 3 is 1.29 bits per heavy atom. The number of benzene rings is 4. The van der Waals surface area contributed by atoms with Crippen LogP contribution in [0.3, 0.4) is 0 Å². The van der Waals surface area contributed by atoms with Gasteiger partial charge in [-0.25, -0.2) is 39.4 Å². The summed E-state index contributed by atoms with van der Waals surface area (Å²) in [5, 5.41) is 19.8. The van der Waals surface area contributed by atoms with E-state index in [4.69, 9.17) is 4.74 Å². The van der Waals surface area contributed by atoms with Crippen molar-refractivity contribution < 1.29 is 71.8 Å². The van der Waals surface area contributed by atoms with Gasteiger partial charge in [-0.1, -0.05) is 74.0 Å². The molecule has 16 rings (SSSR count). The molecule has 8 aromatic heterocycles. The van der Waals surface area contributed by atoms with Crippen LogP contribution in [0.2, 0.25) is 0 Å². The Kier molecular flexibility index (Phi) is 27.1. The molecule has 1 aliphatic carbocycles. The van der Waals surface area contributed by atoms with E-state index in [9.17, 15) is 67.1 Å². The van der Waals surface area contributed by atoms with Crippen molar-refractivity contribution in [2.75, 3.05) is 100 Å². The number of morpholine rings is 1. The number of nitrogens with one attached hydrogen (secondary N) is 5. The lowest BCUT2D eigenvalue weighted by atomic mass is 10.0. The van der Waals surface area contributed by atoms with Crippen LogP contribution in [-0.4, -0.2) is 174 Å². The Morgan fingerprint density at radius 1 is 0.496 bits per heavy atom. The number of halogens is 12. The van der Waals surface area contributed by atoms with Gasteiger partial charge < -0.3 is 64.1 Å². The summed E-state index contributed by atoms with van der Waals surface area (Å²) in [4.78, 5) is 76.4. The number of anilines is 4. The number of imidazole rings is 3. The first-order chi connectivity index (χ1) is 58.6. The maximum atomic E-state index is 13.1. The molecule has 4 atom stereocenters. The number of alkyl halides is 12. The maximum absolute atomic E-state index is 13.1. The standard InChI is InChI=1S/C23H24F3N5.C22H24F3N5O.C21H23F3N6O.C20H20F3N5O2/c1-15(2)30-9-7-17(8-10-30)19-12-21-22(27-14-28-31(21)13-19)29-16(3)18-5-4-6-20(11-18)23(24,25)26;1-14(16-7-4-8-17(11-16)22(23,24)25)28-19-20-29-18(13-30(20)10-9-26-19)21(31)27-12-15-5-2-3-6-15;1-14(15-4-3-5-16(12-15)21(22,23)24)26-18-19-27-17(13-30(19)7-6-25-18)20(31)29-10-8-28(2)9-11-29;1-13(14-3-2-4-15(11-14)20(21,22)23)25-17-18-26-16(12-28(18)6-5-24-17)19(29)27-7-9-30-10-8-27/h4-7,11-14,16H,1,8-10H2,2-3H3,(H,27,28,29);4,7-11,13-15H,2-3,5-6,12H2,1H3,(H,26,28)(H,27,31);3-7,12-14H,8-11H2,1-2H3,(H,25,26);2-6,11-13H,7-10H2,1H3,(H,24,25)/t16-;2*14-;13-/m1111/s1. The van der Waals surface area contributed by atoms with Gasteiger partial charge in [0.05, 0.1) is 59.6 Å². The fourth-order valence-corrected chi connectivity index (χ4v) is 14.6. The Labute approximate surface area is 699 Å². The molecule has 12 aromatic rings. The van der Waals surface area contributed by atoms with Crippen molar-refractivity contribution in [3.63, 3.8) is 0 Å². The number of aromatic nitrogens is 12. The number of carbonyl (C=O) groups excluding carboxylic acids is 3. The van der Waals surface area contributed by atoms with Crippen LogP contribution in [0.4, 0.5) is 76.0 Å². The lowest BCUT2D eigenvalue weighted by molar-refractivity contribution is -0.138. The summed E-state index contributed by atoms with van der Waals surface area (Å²) in [6.07, 6.45) is 8.16. The highest BCUT2D eigenvalue weighted by molar-refractivity contribution is 5.95. The van der Waals surface area contributed by atoms with Gasteiger partial charge in [0, 0.05) is 127 Å². The number of hydrogen-bond acceptors (Lipinski definition) is 18. The Hall–Kier alpha value is -12.7. The third-order valence-corrected chi connectivity index (χ3v) is 21.7.